The van der Waals surface area contributed by atoms with E-state index in [1.807, 2.05) is 13.8 Å². The molecule has 1 aromatic heterocycles. The van der Waals surface area contributed by atoms with Crippen LogP contribution in [0.4, 0.5) is 0 Å². The Morgan fingerprint density at radius 3 is 2.80 bits per heavy atom. The lowest BCUT2D eigenvalue weighted by molar-refractivity contribution is 0.0937. The Balaban J connectivity index is 2.53. The van der Waals surface area contributed by atoms with E-state index in [0.717, 1.165) is 6.42 Å². The van der Waals surface area contributed by atoms with Crippen LogP contribution < -0.4 is 5.32 Å². The normalized spacial score (nSPS) is 14.7. The van der Waals surface area contributed by atoms with Crippen LogP contribution in [0.1, 0.15) is 30.6 Å². The van der Waals surface area contributed by atoms with Gasteiger partial charge in [-0.3, -0.25) is 4.79 Å². The molecular weight excluding hydrogens is 281 g/mol. The molecule has 84 valence electrons. The number of hydrogen-bond donors (Lipinski definition) is 1. The van der Waals surface area contributed by atoms with Crippen molar-refractivity contribution in [3.8, 4) is 0 Å². The summed E-state index contributed by atoms with van der Waals surface area (Å²) in [6, 6.07) is 1.67. The average Bonchev–Trinajstić information content (AvgIpc) is 2.49. The minimum atomic E-state index is -0.152. The molecule has 1 heterocycles. The number of alkyl halides is 1. The van der Waals surface area contributed by atoms with E-state index < -0.39 is 0 Å². The van der Waals surface area contributed by atoms with Gasteiger partial charge in [-0.25, -0.2) is 0 Å². The van der Waals surface area contributed by atoms with Crippen LogP contribution >= 0.6 is 27.5 Å². The number of carbonyl (C=O) groups is 1. The summed E-state index contributed by atoms with van der Waals surface area (Å²) in [4.78, 5) is 11.7. The van der Waals surface area contributed by atoms with Crippen LogP contribution in [0.3, 0.4) is 0 Å². The number of carbonyl (C=O) groups excluding carboxylic acids is 1. The molecule has 1 amide bonds. The van der Waals surface area contributed by atoms with Crippen molar-refractivity contribution >= 4 is 33.4 Å². The fraction of sp³-hybridized carbons (Fsp3) is 0.500. The minimum absolute atomic E-state index is 0.0480. The highest BCUT2D eigenvalue weighted by Crippen LogP contribution is 2.17. The van der Waals surface area contributed by atoms with Gasteiger partial charge in [0.25, 0.3) is 5.91 Å². The fourth-order valence-corrected chi connectivity index (χ4v) is 1.99. The highest BCUT2D eigenvalue weighted by molar-refractivity contribution is 9.10. The smallest absolute Gasteiger partial charge is 0.255 e. The first-order valence-electron chi connectivity index (χ1n) is 4.68. The van der Waals surface area contributed by atoms with E-state index in [1.54, 1.807) is 6.07 Å². The van der Waals surface area contributed by atoms with Crippen molar-refractivity contribution in [2.24, 2.45) is 0 Å². The number of hydrogen-bond acceptors (Lipinski definition) is 2. The molecule has 1 N–H and O–H groups in total. The number of nitrogens with one attached hydrogen (secondary N) is 1. The highest BCUT2D eigenvalue weighted by Gasteiger charge is 2.15. The summed E-state index contributed by atoms with van der Waals surface area (Å²) in [6.07, 6.45) is 2.20. The average molecular weight is 295 g/mol. The number of halogens is 2. The zero-order valence-corrected chi connectivity index (χ0v) is 10.9. The van der Waals surface area contributed by atoms with Gasteiger partial charge in [0, 0.05) is 11.4 Å². The van der Waals surface area contributed by atoms with E-state index in [2.05, 4.69) is 21.2 Å². The zero-order chi connectivity index (χ0) is 11.4. The van der Waals surface area contributed by atoms with Gasteiger partial charge >= 0.3 is 0 Å². The molecule has 2 atom stereocenters. The van der Waals surface area contributed by atoms with Crippen LogP contribution in [0.2, 0.25) is 0 Å². The van der Waals surface area contributed by atoms with Gasteiger partial charge in [-0.1, -0.05) is 0 Å². The molecule has 5 heteroatoms. The molecule has 0 bridgehead atoms. The van der Waals surface area contributed by atoms with Crippen molar-refractivity contribution in [1.82, 2.24) is 5.32 Å². The molecule has 3 nitrogen and oxygen atoms in total. The van der Waals surface area contributed by atoms with Crippen LogP contribution in [0.15, 0.2) is 21.4 Å². The molecule has 0 saturated carbocycles. The Kier molecular flexibility index (Phi) is 4.67. The maximum absolute atomic E-state index is 11.7. The van der Waals surface area contributed by atoms with Gasteiger partial charge in [-0.15, -0.1) is 11.6 Å². The van der Waals surface area contributed by atoms with Crippen molar-refractivity contribution in [2.75, 3.05) is 0 Å². The van der Waals surface area contributed by atoms with E-state index in [4.69, 9.17) is 16.0 Å². The van der Waals surface area contributed by atoms with Crippen LogP contribution in [0.5, 0.6) is 0 Å². The SMILES string of the molecule is CC(Cl)CC(C)NC(=O)c1ccoc1Br. The molecule has 0 saturated heterocycles. The summed E-state index contributed by atoms with van der Waals surface area (Å²) < 4.78 is 5.43. The third kappa shape index (κ3) is 3.87. The van der Waals surface area contributed by atoms with Gasteiger partial charge in [0.15, 0.2) is 4.67 Å². The Morgan fingerprint density at radius 1 is 1.67 bits per heavy atom. The third-order valence-corrected chi connectivity index (χ3v) is 2.71. The largest absolute Gasteiger partial charge is 0.457 e. The lowest BCUT2D eigenvalue weighted by Gasteiger charge is -2.14. The van der Waals surface area contributed by atoms with E-state index in [-0.39, 0.29) is 17.3 Å². The second-order valence-corrected chi connectivity index (χ2v) is 4.96. The van der Waals surface area contributed by atoms with Crippen molar-refractivity contribution in [1.29, 1.82) is 0 Å². The summed E-state index contributed by atoms with van der Waals surface area (Å²) in [5.41, 5.74) is 0.504. The molecule has 0 aliphatic carbocycles. The van der Waals surface area contributed by atoms with Crippen molar-refractivity contribution < 1.29 is 9.21 Å². The van der Waals surface area contributed by atoms with Crippen molar-refractivity contribution in [2.45, 2.75) is 31.7 Å². The van der Waals surface area contributed by atoms with E-state index in [9.17, 15) is 4.79 Å². The molecule has 0 aliphatic heterocycles. The predicted molar refractivity (Wildman–Crippen MR) is 63.3 cm³/mol. The van der Waals surface area contributed by atoms with Crippen LogP contribution in [0.25, 0.3) is 0 Å². The monoisotopic (exact) mass is 293 g/mol. The zero-order valence-electron chi connectivity index (χ0n) is 8.59. The first-order chi connectivity index (χ1) is 7.00. The van der Waals surface area contributed by atoms with Crippen LogP contribution in [-0.2, 0) is 0 Å². The van der Waals surface area contributed by atoms with Gasteiger partial charge in [0.1, 0.15) is 0 Å². The molecule has 1 rings (SSSR count). The molecule has 0 aliphatic rings. The second-order valence-electron chi connectivity index (χ2n) is 3.50. The Bertz CT molecular complexity index is 338. The Morgan fingerprint density at radius 2 is 2.33 bits per heavy atom. The number of rotatable bonds is 4. The first kappa shape index (κ1) is 12.6. The Hall–Kier alpha value is -0.480. The summed E-state index contributed by atoms with van der Waals surface area (Å²) in [7, 11) is 0. The van der Waals surface area contributed by atoms with Crippen LogP contribution in [-0.4, -0.2) is 17.3 Å². The van der Waals surface area contributed by atoms with E-state index >= 15 is 0 Å². The summed E-state index contributed by atoms with van der Waals surface area (Å²) in [6.45, 7) is 3.82. The second kappa shape index (κ2) is 5.56. The maximum Gasteiger partial charge on any atom is 0.255 e. The van der Waals surface area contributed by atoms with Crippen molar-refractivity contribution in [3.05, 3.63) is 22.6 Å². The number of amides is 1. The lowest BCUT2D eigenvalue weighted by Crippen LogP contribution is -2.33. The molecule has 0 aromatic carbocycles. The summed E-state index contributed by atoms with van der Waals surface area (Å²) in [5.74, 6) is -0.152. The molecule has 15 heavy (non-hydrogen) atoms. The van der Waals surface area contributed by atoms with Gasteiger partial charge in [-0.05, 0) is 42.3 Å². The van der Waals surface area contributed by atoms with Crippen LogP contribution in [0, 0.1) is 0 Å². The minimum Gasteiger partial charge on any atom is -0.457 e. The van der Waals surface area contributed by atoms with Gasteiger partial charge in [0.05, 0.1) is 11.8 Å². The molecule has 1 aromatic rings. The Labute approximate surface area is 102 Å². The quantitative estimate of drug-likeness (QED) is 0.867. The van der Waals surface area contributed by atoms with Gasteiger partial charge < -0.3 is 9.73 Å². The molecule has 0 radical (unpaired) electrons. The molecular formula is C10H13BrClNO2. The van der Waals surface area contributed by atoms with Gasteiger partial charge in [-0.2, -0.15) is 0 Å². The molecule has 2 unspecified atom stereocenters. The fourth-order valence-electron chi connectivity index (χ4n) is 1.30. The topological polar surface area (TPSA) is 42.2 Å². The highest BCUT2D eigenvalue weighted by atomic mass is 79.9. The lowest BCUT2D eigenvalue weighted by atomic mass is 10.2. The van der Waals surface area contributed by atoms with E-state index in [1.165, 1.54) is 6.26 Å². The number of furan rings is 1. The summed E-state index contributed by atoms with van der Waals surface area (Å²) in [5, 5.41) is 2.89. The van der Waals surface area contributed by atoms with E-state index in [0.29, 0.717) is 10.2 Å². The maximum atomic E-state index is 11.7. The van der Waals surface area contributed by atoms with Gasteiger partial charge in [0.2, 0.25) is 0 Å². The molecule has 0 spiro atoms. The van der Waals surface area contributed by atoms with Crippen molar-refractivity contribution in [3.63, 3.8) is 0 Å². The third-order valence-electron chi connectivity index (χ3n) is 1.92. The predicted octanol–water partition coefficient (Wildman–Crippen LogP) is 3.18. The standard InChI is InChI=1S/C10H13BrClNO2/c1-6(12)5-7(2)13-10(14)8-3-4-15-9(8)11/h3-4,6-7H,5H2,1-2H3,(H,13,14). The first-order valence-corrected chi connectivity index (χ1v) is 5.91. The molecule has 0 fully saturated rings. The summed E-state index contributed by atoms with van der Waals surface area (Å²) >= 11 is 8.99.